The van der Waals surface area contributed by atoms with E-state index >= 15 is 0 Å². The van der Waals surface area contributed by atoms with Crippen molar-refractivity contribution in [3.63, 3.8) is 0 Å². The van der Waals surface area contributed by atoms with Crippen LogP contribution in [0.15, 0.2) is 24.4 Å². The zero-order chi connectivity index (χ0) is 10.6. The molecule has 3 N–H and O–H groups in total. The second-order valence-corrected chi connectivity index (χ2v) is 3.44. The molecule has 1 rings (SSSR count). The summed E-state index contributed by atoms with van der Waals surface area (Å²) in [6.07, 6.45) is 1.94. The van der Waals surface area contributed by atoms with Gasteiger partial charge in [0.05, 0.1) is 11.2 Å². The molecule has 1 atom stereocenters. The summed E-state index contributed by atoms with van der Waals surface area (Å²) in [7, 11) is 1.79. The number of hydrogen-bond acceptors (Lipinski definition) is 3. The van der Waals surface area contributed by atoms with Crippen LogP contribution >= 0.6 is 0 Å². The summed E-state index contributed by atoms with van der Waals surface area (Å²) >= 11 is 0. The summed E-state index contributed by atoms with van der Waals surface area (Å²) in [5.41, 5.74) is 5.53. The predicted molar refractivity (Wildman–Crippen MR) is 54.5 cm³/mol. The number of primary amides is 1. The molecule has 14 heavy (non-hydrogen) atoms. The Morgan fingerprint density at radius 1 is 1.64 bits per heavy atom. The summed E-state index contributed by atoms with van der Waals surface area (Å²) in [5, 5.41) is 3.06. The number of hydrogen-bond donors (Lipinski definition) is 2. The fourth-order valence-electron chi connectivity index (χ4n) is 1.34. The lowest BCUT2D eigenvalue weighted by molar-refractivity contribution is -0.119. The molecule has 0 bridgehead atoms. The highest BCUT2D eigenvalue weighted by Gasteiger charge is 2.27. The standard InChI is InChI=1S/C10H15N3O/c1-10(12-2,7-9(11)14)8-5-3-4-6-13-8/h3-6,12H,7H2,1-2H3,(H2,11,14). The van der Waals surface area contributed by atoms with E-state index in [1.54, 1.807) is 13.2 Å². The topological polar surface area (TPSA) is 68.0 Å². The van der Waals surface area contributed by atoms with Gasteiger partial charge in [0, 0.05) is 12.6 Å². The number of nitrogens with two attached hydrogens (primary N) is 1. The molecule has 1 aromatic rings. The van der Waals surface area contributed by atoms with Gasteiger partial charge >= 0.3 is 0 Å². The molecule has 1 aromatic heterocycles. The van der Waals surface area contributed by atoms with E-state index in [1.807, 2.05) is 25.1 Å². The summed E-state index contributed by atoms with van der Waals surface area (Å²) in [6, 6.07) is 5.60. The number of rotatable bonds is 4. The lowest BCUT2D eigenvalue weighted by atomic mass is 9.93. The summed E-state index contributed by atoms with van der Waals surface area (Å²) < 4.78 is 0. The molecule has 0 aliphatic rings. The highest BCUT2D eigenvalue weighted by atomic mass is 16.1. The molecule has 1 unspecified atom stereocenters. The molecule has 0 saturated carbocycles. The largest absolute Gasteiger partial charge is 0.370 e. The van der Waals surface area contributed by atoms with Gasteiger partial charge in [-0.05, 0) is 26.1 Å². The van der Waals surface area contributed by atoms with Crippen LogP contribution in [-0.4, -0.2) is 17.9 Å². The maximum Gasteiger partial charge on any atom is 0.219 e. The quantitative estimate of drug-likeness (QED) is 0.727. The molecule has 76 valence electrons. The molecule has 4 heteroatoms. The number of nitrogens with one attached hydrogen (secondary N) is 1. The third-order valence-corrected chi connectivity index (χ3v) is 2.31. The number of pyridine rings is 1. The Bertz CT molecular complexity index is 312. The van der Waals surface area contributed by atoms with Gasteiger partial charge in [0.1, 0.15) is 0 Å². The molecule has 0 fully saturated rings. The zero-order valence-corrected chi connectivity index (χ0v) is 8.45. The normalized spacial score (nSPS) is 14.7. The van der Waals surface area contributed by atoms with Crippen molar-refractivity contribution in [1.29, 1.82) is 0 Å². The van der Waals surface area contributed by atoms with Gasteiger partial charge in [-0.1, -0.05) is 6.07 Å². The van der Waals surface area contributed by atoms with Crippen LogP contribution in [0.3, 0.4) is 0 Å². The van der Waals surface area contributed by atoms with Gasteiger partial charge in [-0.15, -0.1) is 0 Å². The summed E-state index contributed by atoms with van der Waals surface area (Å²) in [6.45, 7) is 1.90. The van der Waals surface area contributed by atoms with Crippen LogP contribution in [0.5, 0.6) is 0 Å². The Balaban J connectivity index is 2.95. The van der Waals surface area contributed by atoms with E-state index in [-0.39, 0.29) is 12.3 Å². The first-order valence-electron chi connectivity index (χ1n) is 4.47. The van der Waals surface area contributed by atoms with E-state index < -0.39 is 5.54 Å². The second-order valence-electron chi connectivity index (χ2n) is 3.44. The Labute approximate surface area is 83.5 Å². The summed E-state index contributed by atoms with van der Waals surface area (Å²) in [4.78, 5) is 15.1. The van der Waals surface area contributed by atoms with Crippen molar-refractivity contribution >= 4 is 5.91 Å². The molecule has 1 amide bonds. The fourth-order valence-corrected chi connectivity index (χ4v) is 1.34. The molecule has 4 nitrogen and oxygen atoms in total. The van der Waals surface area contributed by atoms with Crippen LogP contribution in [0, 0.1) is 0 Å². The second kappa shape index (κ2) is 4.19. The fraction of sp³-hybridized carbons (Fsp3) is 0.400. The SMILES string of the molecule is CNC(C)(CC(N)=O)c1ccccn1. The first kappa shape index (κ1) is 10.7. The van der Waals surface area contributed by atoms with Crippen molar-refractivity contribution in [2.75, 3.05) is 7.05 Å². The van der Waals surface area contributed by atoms with Crippen molar-refractivity contribution in [3.8, 4) is 0 Å². The molecule has 0 radical (unpaired) electrons. The Kier molecular flexibility index (Phi) is 3.19. The van der Waals surface area contributed by atoms with E-state index in [9.17, 15) is 4.79 Å². The summed E-state index contributed by atoms with van der Waals surface area (Å²) in [5.74, 6) is -0.340. The van der Waals surface area contributed by atoms with Crippen LogP contribution < -0.4 is 11.1 Å². The Morgan fingerprint density at radius 2 is 2.36 bits per heavy atom. The number of nitrogens with zero attached hydrogens (tertiary/aromatic N) is 1. The van der Waals surface area contributed by atoms with Crippen LogP contribution in [-0.2, 0) is 10.3 Å². The highest BCUT2D eigenvalue weighted by Crippen LogP contribution is 2.21. The van der Waals surface area contributed by atoms with Gasteiger partial charge in [0.15, 0.2) is 0 Å². The third-order valence-electron chi connectivity index (χ3n) is 2.31. The monoisotopic (exact) mass is 193 g/mol. The number of aromatic nitrogens is 1. The number of carbonyl (C=O) groups is 1. The maximum atomic E-state index is 10.9. The van der Waals surface area contributed by atoms with Gasteiger partial charge < -0.3 is 11.1 Å². The molecular formula is C10H15N3O. The van der Waals surface area contributed by atoms with E-state index in [2.05, 4.69) is 10.3 Å². The third kappa shape index (κ3) is 2.29. The van der Waals surface area contributed by atoms with Gasteiger partial charge in [-0.25, -0.2) is 0 Å². The lowest BCUT2D eigenvalue weighted by Crippen LogP contribution is -2.41. The van der Waals surface area contributed by atoms with Crippen LogP contribution in [0.1, 0.15) is 19.0 Å². The minimum absolute atomic E-state index is 0.237. The predicted octanol–water partition coefficient (Wildman–Crippen LogP) is 0.392. The highest BCUT2D eigenvalue weighted by molar-refractivity contribution is 5.75. The van der Waals surface area contributed by atoms with Crippen molar-refractivity contribution in [2.45, 2.75) is 18.9 Å². The Hall–Kier alpha value is -1.42. The lowest BCUT2D eigenvalue weighted by Gasteiger charge is -2.27. The molecule has 1 heterocycles. The van der Waals surface area contributed by atoms with Crippen LogP contribution in [0.2, 0.25) is 0 Å². The maximum absolute atomic E-state index is 10.9. The van der Waals surface area contributed by atoms with Gasteiger partial charge in [-0.2, -0.15) is 0 Å². The number of carbonyl (C=O) groups excluding carboxylic acids is 1. The van der Waals surface area contributed by atoms with E-state index in [0.717, 1.165) is 5.69 Å². The average Bonchev–Trinajstić information content (AvgIpc) is 2.18. The van der Waals surface area contributed by atoms with Gasteiger partial charge in [0.25, 0.3) is 0 Å². The Morgan fingerprint density at radius 3 is 2.79 bits per heavy atom. The van der Waals surface area contributed by atoms with E-state index in [4.69, 9.17) is 5.73 Å². The van der Waals surface area contributed by atoms with Crippen molar-refractivity contribution < 1.29 is 4.79 Å². The minimum Gasteiger partial charge on any atom is -0.370 e. The minimum atomic E-state index is -0.479. The van der Waals surface area contributed by atoms with Crippen molar-refractivity contribution in [1.82, 2.24) is 10.3 Å². The van der Waals surface area contributed by atoms with Gasteiger partial charge in [-0.3, -0.25) is 9.78 Å². The van der Waals surface area contributed by atoms with Crippen LogP contribution in [0.25, 0.3) is 0 Å². The van der Waals surface area contributed by atoms with E-state index in [1.165, 1.54) is 0 Å². The van der Waals surface area contributed by atoms with Gasteiger partial charge in [0.2, 0.25) is 5.91 Å². The molecular weight excluding hydrogens is 178 g/mol. The zero-order valence-electron chi connectivity index (χ0n) is 8.45. The van der Waals surface area contributed by atoms with Crippen molar-refractivity contribution in [2.24, 2.45) is 5.73 Å². The molecule has 0 spiro atoms. The average molecular weight is 193 g/mol. The van der Waals surface area contributed by atoms with E-state index in [0.29, 0.717) is 0 Å². The molecule has 0 saturated heterocycles. The first-order chi connectivity index (χ1) is 6.58. The number of amides is 1. The smallest absolute Gasteiger partial charge is 0.219 e. The molecule has 0 aromatic carbocycles. The van der Waals surface area contributed by atoms with Crippen LogP contribution in [0.4, 0.5) is 0 Å². The first-order valence-corrected chi connectivity index (χ1v) is 4.47. The molecule has 0 aliphatic carbocycles. The molecule has 0 aliphatic heterocycles. The van der Waals surface area contributed by atoms with Crippen molar-refractivity contribution in [3.05, 3.63) is 30.1 Å².